The molecule has 0 heterocycles. The molecule has 0 spiro atoms. The molecule has 3 nitrogen and oxygen atoms in total. The summed E-state index contributed by atoms with van der Waals surface area (Å²) in [7, 11) is 0. The molecule has 0 unspecified atom stereocenters. The van der Waals surface area contributed by atoms with Crippen molar-refractivity contribution < 1.29 is 4.39 Å². The minimum Gasteiger partial charge on any atom is -0.313 e. The van der Waals surface area contributed by atoms with Crippen molar-refractivity contribution in [3.8, 4) is 6.07 Å². The molecule has 0 radical (unpaired) electrons. The third kappa shape index (κ3) is 5.37. The molecule has 19 heavy (non-hydrogen) atoms. The van der Waals surface area contributed by atoms with Gasteiger partial charge in [-0.05, 0) is 44.7 Å². The number of hydrogen-bond acceptors (Lipinski definition) is 3. The summed E-state index contributed by atoms with van der Waals surface area (Å²) in [5, 5.41) is 11.9. The van der Waals surface area contributed by atoms with Gasteiger partial charge in [0.05, 0.1) is 11.6 Å². The third-order valence-electron chi connectivity index (χ3n) is 3.22. The van der Waals surface area contributed by atoms with Crippen molar-refractivity contribution in [2.24, 2.45) is 0 Å². The zero-order valence-electron chi connectivity index (χ0n) is 11.7. The molecule has 0 aliphatic heterocycles. The highest BCUT2D eigenvalue weighted by Crippen LogP contribution is 2.09. The Morgan fingerprint density at radius 1 is 1.32 bits per heavy atom. The van der Waals surface area contributed by atoms with E-state index in [0.717, 1.165) is 32.6 Å². The quantitative estimate of drug-likeness (QED) is 0.733. The highest BCUT2D eigenvalue weighted by molar-refractivity contribution is 5.32. The molecule has 0 aliphatic carbocycles. The van der Waals surface area contributed by atoms with Gasteiger partial charge in [-0.2, -0.15) is 5.26 Å². The lowest BCUT2D eigenvalue weighted by molar-refractivity contribution is 0.298. The summed E-state index contributed by atoms with van der Waals surface area (Å²) in [6, 6.07) is 6.54. The second kappa shape index (κ2) is 8.63. The molecule has 0 aromatic heterocycles. The lowest BCUT2D eigenvalue weighted by Crippen LogP contribution is -2.27. The first kappa shape index (κ1) is 15.6. The van der Waals surface area contributed by atoms with Crippen molar-refractivity contribution in [1.29, 1.82) is 5.26 Å². The van der Waals surface area contributed by atoms with E-state index in [9.17, 15) is 4.39 Å². The van der Waals surface area contributed by atoms with Crippen LogP contribution in [0.15, 0.2) is 18.2 Å². The Balaban J connectivity index is 2.28. The Morgan fingerprint density at radius 3 is 2.63 bits per heavy atom. The van der Waals surface area contributed by atoms with Crippen molar-refractivity contribution in [3.63, 3.8) is 0 Å². The van der Waals surface area contributed by atoms with Gasteiger partial charge in [-0.1, -0.05) is 19.9 Å². The van der Waals surface area contributed by atoms with Crippen molar-refractivity contribution in [1.82, 2.24) is 10.2 Å². The van der Waals surface area contributed by atoms with Gasteiger partial charge in [0.2, 0.25) is 0 Å². The zero-order chi connectivity index (χ0) is 14.1. The molecule has 1 rings (SSSR count). The predicted molar refractivity (Wildman–Crippen MR) is 75.2 cm³/mol. The van der Waals surface area contributed by atoms with E-state index in [2.05, 4.69) is 24.1 Å². The van der Waals surface area contributed by atoms with E-state index < -0.39 is 0 Å². The fraction of sp³-hybridized carbons (Fsp3) is 0.533. The van der Waals surface area contributed by atoms with Crippen LogP contribution in [0, 0.1) is 17.1 Å². The molecule has 0 amide bonds. The molecule has 0 saturated carbocycles. The lowest BCUT2D eigenvalue weighted by atomic mass is 10.1. The zero-order valence-corrected chi connectivity index (χ0v) is 11.7. The number of nitrogens with one attached hydrogen (secondary N) is 1. The van der Waals surface area contributed by atoms with Gasteiger partial charge in [-0.3, -0.25) is 0 Å². The Kier molecular flexibility index (Phi) is 7.09. The molecular formula is C15H22FN3. The van der Waals surface area contributed by atoms with Gasteiger partial charge in [0.25, 0.3) is 0 Å². The molecule has 104 valence electrons. The molecule has 1 aromatic carbocycles. The van der Waals surface area contributed by atoms with Gasteiger partial charge in [0, 0.05) is 12.1 Å². The number of benzene rings is 1. The van der Waals surface area contributed by atoms with Crippen LogP contribution >= 0.6 is 0 Å². The molecule has 1 aromatic rings. The topological polar surface area (TPSA) is 39.1 Å². The van der Waals surface area contributed by atoms with E-state index in [1.807, 2.05) is 6.07 Å². The molecule has 0 atom stereocenters. The molecule has 0 fully saturated rings. The highest BCUT2D eigenvalue weighted by Gasteiger charge is 2.03. The number of halogens is 1. The average Bonchev–Trinajstić information content (AvgIpc) is 2.44. The molecular weight excluding hydrogens is 241 g/mol. The van der Waals surface area contributed by atoms with Crippen LogP contribution in [0.25, 0.3) is 0 Å². The van der Waals surface area contributed by atoms with Gasteiger partial charge >= 0.3 is 0 Å². The normalized spacial score (nSPS) is 10.7. The number of hydrogen-bond donors (Lipinski definition) is 1. The summed E-state index contributed by atoms with van der Waals surface area (Å²) in [5.74, 6) is -0.310. The van der Waals surface area contributed by atoms with Crippen LogP contribution in [0.1, 0.15) is 31.4 Å². The van der Waals surface area contributed by atoms with Gasteiger partial charge < -0.3 is 10.2 Å². The molecule has 0 bridgehead atoms. The first-order valence-corrected chi connectivity index (χ1v) is 6.82. The highest BCUT2D eigenvalue weighted by atomic mass is 19.1. The summed E-state index contributed by atoms with van der Waals surface area (Å²) in [6.07, 6.45) is 1.06. The standard InChI is InChI=1S/C15H22FN3/c1-3-19(4-2)9-5-8-18-12-14-7-6-13(11-17)10-15(14)16/h6-7,10,18H,3-5,8-9,12H2,1-2H3. The predicted octanol–water partition coefficient (Wildman–Crippen LogP) is 2.52. The Bertz CT molecular complexity index is 422. The summed E-state index contributed by atoms with van der Waals surface area (Å²) in [6.45, 7) is 8.90. The van der Waals surface area contributed by atoms with Gasteiger partial charge in [-0.15, -0.1) is 0 Å². The minimum atomic E-state index is -0.310. The van der Waals surface area contributed by atoms with Crippen molar-refractivity contribution in [2.45, 2.75) is 26.8 Å². The van der Waals surface area contributed by atoms with Crippen LogP contribution in [0.2, 0.25) is 0 Å². The third-order valence-corrected chi connectivity index (χ3v) is 3.22. The lowest BCUT2D eigenvalue weighted by Gasteiger charge is -2.17. The number of rotatable bonds is 8. The summed E-state index contributed by atoms with van der Waals surface area (Å²) < 4.78 is 13.6. The first-order valence-electron chi connectivity index (χ1n) is 6.82. The maximum absolute atomic E-state index is 13.6. The average molecular weight is 263 g/mol. The number of nitrogens with zero attached hydrogens (tertiary/aromatic N) is 2. The van der Waals surface area contributed by atoms with E-state index in [0.29, 0.717) is 17.7 Å². The van der Waals surface area contributed by atoms with Crippen LogP contribution in [0.3, 0.4) is 0 Å². The summed E-state index contributed by atoms with van der Waals surface area (Å²) in [4.78, 5) is 2.37. The molecule has 0 saturated heterocycles. The van der Waals surface area contributed by atoms with Crippen LogP contribution in [-0.2, 0) is 6.54 Å². The Hall–Kier alpha value is -1.44. The van der Waals surface area contributed by atoms with Crippen molar-refractivity contribution >= 4 is 0 Å². The Labute approximate surface area is 115 Å². The smallest absolute Gasteiger partial charge is 0.129 e. The van der Waals surface area contributed by atoms with Crippen LogP contribution in [0.5, 0.6) is 0 Å². The van der Waals surface area contributed by atoms with E-state index in [4.69, 9.17) is 5.26 Å². The maximum Gasteiger partial charge on any atom is 0.129 e. The van der Waals surface area contributed by atoms with Crippen molar-refractivity contribution in [3.05, 3.63) is 35.1 Å². The van der Waals surface area contributed by atoms with E-state index in [1.165, 1.54) is 6.07 Å². The fourth-order valence-corrected chi connectivity index (χ4v) is 1.95. The van der Waals surface area contributed by atoms with Crippen LogP contribution in [-0.4, -0.2) is 31.1 Å². The maximum atomic E-state index is 13.6. The first-order chi connectivity index (χ1) is 9.21. The molecule has 1 N–H and O–H groups in total. The van der Waals surface area contributed by atoms with Gasteiger partial charge in [0.1, 0.15) is 5.82 Å². The second-order valence-corrected chi connectivity index (χ2v) is 4.48. The molecule has 4 heteroatoms. The fourth-order valence-electron chi connectivity index (χ4n) is 1.95. The largest absolute Gasteiger partial charge is 0.313 e. The monoisotopic (exact) mass is 263 g/mol. The van der Waals surface area contributed by atoms with E-state index in [1.54, 1.807) is 12.1 Å². The number of nitriles is 1. The molecule has 0 aliphatic rings. The second-order valence-electron chi connectivity index (χ2n) is 4.48. The van der Waals surface area contributed by atoms with Crippen LogP contribution in [0.4, 0.5) is 4.39 Å². The SMILES string of the molecule is CCN(CC)CCCNCc1ccc(C#N)cc1F. The van der Waals surface area contributed by atoms with Gasteiger partial charge in [-0.25, -0.2) is 4.39 Å². The minimum absolute atomic E-state index is 0.310. The summed E-state index contributed by atoms with van der Waals surface area (Å²) in [5.41, 5.74) is 0.977. The van der Waals surface area contributed by atoms with Crippen molar-refractivity contribution in [2.75, 3.05) is 26.2 Å². The van der Waals surface area contributed by atoms with Gasteiger partial charge in [0.15, 0.2) is 0 Å². The van der Waals surface area contributed by atoms with E-state index >= 15 is 0 Å². The van der Waals surface area contributed by atoms with Crippen LogP contribution < -0.4 is 5.32 Å². The Morgan fingerprint density at radius 2 is 2.05 bits per heavy atom. The summed E-state index contributed by atoms with van der Waals surface area (Å²) >= 11 is 0. The van der Waals surface area contributed by atoms with E-state index in [-0.39, 0.29) is 5.82 Å².